The molecule has 31 heavy (non-hydrogen) atoms. The van der Waals surface area contributed by atoms with Crippen LogP contribution >= 0.6 is 0 Å². The van der Waals surface area contributed by atoms with E-state index in [9.17, 15) is 9.18 Å². The summed E-state index contributed by atoms with van der Waals surface area (Å²) in [5.74, 6) is 0.711. The van der Waals surface area contributed by atoms with Gasteiger partial charge in [-0.25, -0.2) is 4.39 Å². The topological polar surface area (TPSA) is 50.8 Å². The van der Waals surface area contributed by atoms with Gasteiger partial charge in [0.05, 0.1) is 11.6 Å². The van der Waals surface area contributed by atoms with Gasteiger partial charge in [0.2, 0.25) is 0 Å². The zero-order valence-corrected chi connectivity index (χ0v) is 17.8. The van der Waals surface area contributed by atoms with Crippen molar-refractivity contribution < 1.29 is 18.7 Å². The second-order valence-electron chi connectivity index (χ2n) is 7.25. The van der Waals surface area contributed by atoms with Crippen LogP contribution in [-0.4, -0.2) is 44.7 Å². The summed E-state index contributed by atoms with van der Waals surface area (Å²) in [6, 6.07) is 22.8. The monoisotopic (exact) mass is 422 g/mol. The van der Waals surface area contributed by atoms with Crippen molar-refractivity contribution in [2.75, 3.05) is 33.9 Å². The molecule has 0 saturated heterocycles. The number of nitrogens with zero attached hydrogens (tertiary/aromatic N) is 1. The molecule has 0 bridgehead atoms. The summed E-state index contributed by atoms with van der Waals surface area (Å²) in [5.41, 5.74) is 1.24. The van der Waals surface area contributed by atoms with Crippen LogP contribution in [0.4, 0.5) is 4.39 Å². The van der Waals surface area contributed by atoms with Gasteiger partial charge in [0.15, 0.2) is 0 Å². The van der Waals surface area contributed by atoms with E-state index in [0.29, 0.717) is 31.1 Å². The van der Waals surface area contributed by atoms with E-state index >= 15 is 0 Å². The summed E-state index contributed by atoms with van der Waals surface area (Å²) < 4.78 is 25.1. The Morgan fingerprint density at radius 2 is 1.65 bits per heavy atom. The second kappa shape index (κ2) is 11.1. The average Bonchev–Trinajstić information content (AvgIpc) is 2.77. The minimum atomic E-state index is -0.299. The van der Waals surface area contributed by atoms with Crippen LogP contribution in [0.3, 0.4) is 0 Å². The molecule has 0 aliphatic rings. The van der Waals surface area contributed by atoms with Gasteiger partial charge in [0, 0.05) is 6.54 Å². The molecule has 0 spiro atoms. The summed E-state index contributed by atoms with van der Waals surface area (Å²) in [6.45, 7) is 1.01. The number of para-hydroxylation sites is 2. The molecule has 3 rings (SSSR count). The fourth-order valence-electron chi connectivity index (χ4n) is 3.20. The lowest BCUT2D eigenvalue weighted by molar-refractivity contribution is 0.0936. The quantitative estimate of drug-likeness (QED) is 0.495. The third kappa shape index (κ3) is 6.55. The summed E-state index contributed by atoms with van der Waals surface area (Å²) >= 11 is 0. The molecule has 5 nitrogen and oxygen atoms in total. The highest BCUT2D eigenvalue weighted by Crippen LogP contribution is 2.21. The average molecular weight is 423 g/mol. The normalized spacial score (nSPS) is 11.7. The highest BCUT2D eigenvalue weighted by Gasteiger charge is 2.18. The van der Waals surface area contributed by atoms with E-state index in [1.54, 1.807) is 24.3 Å². The number of carbonyl (C=O) groups is 1. The van der Waals surface area contributed by atoms with Gasteiger partial charge < -0.3 is 19.7 Å². The molecule has 0 saturated carbocycles. The zero-order chi connectivity index (χ0) is 22.1. The number of hydrogen-bond donors (Lipinski definition) is 1. The number of amides is 1. The van der Waals surface area contributed by atoms with Gasteiger partial charge in [0.1, 0.15) is 30.5 Å². The number of halogens is 1. The van der Waals surface area contributed by atoms with E-state index in [1.807, 2.05) is 61.5 Å². The lowest BCUT2D eigenvalue weighted by Crippen LogP contribution is -2.34. The van der Waals surface area contributed by atoms with Crippen molar-refractivity contribution in [3.05, 3.63) is 95.8 Å². The van der Waals surface area contributed by atoms with Gasteiger partial charge in [-0.05, 0) is 56.1 Å². The highest BCUT2D eigenvalue weighted by molar-refractivity contribution is 5.96. The zero-order valence-electron chi connectivity index (χ0n) is 17.8. The summed E-state index contributed by atoms with van der Waals surface area (Å²) in [5, 5.41) is 2.94. The van der Waals surface area contributed by atoms with Gasteiger partial charge in [-0.2, -0.15) is 0 Å². The van der Waals surface area contributed by atoms with Crippen molar-refractivity contribution in [2.24, 2.45) is 0 Å². The van der Waals surface area contributed by atoms with E-state index in [-0.39, 0.29) is 17.8 Å². The largest absolute Gasteiger partial charge is 0.490 e. The first-order valence-electron chi connectivity index (χ1n) is 10.1. The molecule has 3 aromatic carbocycles. The number of benzene rings is 3. The van der Waals surface area contributed by atoms with Gasteiger partial charge in [-0.15, -0.1) is 0 Å². The maximum absolute atomic E-state index is 13.6. The van der Waals surface area contributed by atoms with Crippen molar-refractivity contribution in [1.82, 2.24) is 10.2 Å². The van der Waals surface area contributed by atoms with Crippen LogP contribution in [0.1, 0.15) is 22.0 Å². The lowest BCUT2D eigenvalue weighted by Gasteiger charge is -2.25. The Labute approximate surface area is 182 Å². The lowest BCUT2D eigenvalue weighted by atomic mass is 10.1. The summed E-state index contributed by atoms with van der Waals surface area (Å²) in [4.78, 5) is 14.8. The second-order valence-corrected chi connectivity index (χ2v) is 7.25. The molecule has 1 atom stereocenters. The van der Waals surface area contributed by atoms with Gasteiger partial charge in [-0.3, -0.25) is 4.79 Å². The fraction of sp³-hybridized carbons (Fsp3) is 0.240. The van der Waals surface area contributed by atoms with Crippen LogP contribution < -0.4 is 14.8 Å². The van der Waals surface area contributed by atoms with Crippen molar-refractivity contribution in [3.63, 3.8) is 0 Å². The van der Waals surface area contributed by atoms with Gasteiger partial charge >= 0.3 is 0 Å². The summed E-state index contributed by atoms with van der Waals surface area (Å²) in [6.07, 6.45) is 0. The fourth-order valence-corrected chi connectivity index (χ4v) is 3.20. The molecule has 1 amide bonds. The number of likely N-dealkylation sites (N-methyl/N-ethyl adjacent to an activating group) is 1. The number of carbonyl (C=O) groups excluding carboxylic acids is 1. The predicted octanol–water partition coefficient (Wildman–Crippen LogP) is 4.32. The molecule has 6 heteroatoms. The molecule has 0 aliphatic heterocycles. The Morgan fingerprint density at radius 1 is 0.935 bits per heavy atom. The molecule has 1 N–H and O–H groups in total. The van der Waals surface area contributed by atoms with Gasteiger partial charge in [0.25, 0.3) is 5.91 Å². The molecule has 3 aromatic rings. The first kappa shape index (κ1) is 22.3. The third-order valence-corrected chi connectivity index (χ3v) is 4.80. The molecule has 162 valence electrons. The Morgan fingerprint density at radius 3 is 2.39 bits per heavy atom. The molecule has 1 unspecified atom stereocenters. The van der Waals surface area contributed by atoms with Gasteiger partial charge in [-0.1, -0.05) is 42.5 Å². The van der Waals surface area contributed by atoms with E-state index in [1.165, 1.54) is 12.1 Å². The Kier molecular flexibility index (Phi) is 8.01. The minimum absolute atomic E-state index is 0.160. The predicted molar refractivity (Wildman–Crippen MR) is 119 cm³/mol. The van der Waals surface area contributed by atoms with Crippen LogP contribution in [-0.2, 0) is 0 Å². The number of nitrogens with one attached hydrogen (secondary N) is 1. The Balaban J connectivity index is 1.58. The van der Waals surface area contributed by atoms with Crippen LogP contribution in [0, 0.1) is 5.82 Å². The Bertz CT molecular complexity index is 979. The Hall–Kier alpha value is -3.38. The maximum Gasteiger partial charge on any atom is 0.255 e. The van der Waals surface area contributed by atoms with Crippen molar-refractivity contribution in [1.29, 1.82) is 0 Å². The SMILES string of the molecule is CN(C)C(CNC(=O)c1ccccc1OCCOc1ccccc1)c1cccc(F)c1. The van der Waals surface area contributed by atoms with E-state index in [2.05, 4.69) is 5.32 Å². The van der Waals surface area contributed by atoms with E-state index in [4.69, 9.17) is 9.47 Å². The molecule has 0 fully saturated rings. The van der Waals surface area contributed by atoms with Crippen LogP contribution in [0.25, 0.3) is 0 Å². The molecule has 0 aliphatic carbocycles. The van der Waals surface area contributed by atoms with Crippen molar-refractivity contribution in [2.45, 2.75) is 6.04 Å². The summed E-state index contributed by atoms with van der Waals surface area (Å²) in [7, 11) is 3.79. The minimum Gasteiger partial charge on any atom is -0.490 e. The van der Waals surface area contributed by atoms with E-state index < -0.39 is 0 Å². The molecule has 0 radical (unpaired) electrons. The van der Waals surface area contributed by atoms with Crippen LogP contribution in [0.2, 0.25) is 0 Å². The number of ether oxygens (including phenoxy) is 2. The first-order valence-corrected chi connectivity index (χ1v) is 10.1. The molecular weight excluding hydrogens is 395 g/mol. The maximum atomic E-state index is 13.6. The van der Waals surface area contributed by atoms with Crippen molar-refractivity contribution >= 4 is 5.91 Å². The van der Waals surface area contributed by atoms with E-state index in [0.717, 1.165) is 11.3 Å². The number of hydrogen-bond acceptors (Lipinski definition) is 4. The third-order valence-electron chi connectivity index (χ3n) is 4.80. The number of rotatable bonds is 10. The van der Waals surface area contributed by atoms with Crippen molar-refractivity contribution in [3.8, 4) is 11.5 Å². The molecule has 0 aromatic heterocycles. The van der Waals surface area contributed by atoms with Crippen LogP contribution in [0.15, 0.2) is 78.9 Å². The molecular formula is C25H27FN2O3. The first-order chi connectivity index (χ1) is 15.0. The smallest absolute Gasteiger partial charge is 0.255 e. The highest BCUT2D eigenvalue weighted by atomic mass is 19.1. The standard InChI is InChI=1S/C25H27FN2O3/c1-28(2)23(19-9-8-10-20(26)17-19)18-27-25(29)22-13-6-7-14-24(22)31-16-15-30-21-11-4-3-5-12-21/h3-14,17,23H,15-16,18H2,1-2H3,(H,27,29). The van der Waals surface area contributed by atoms with Crippen LogP contribution in [0.5, 0.6) is 11.5 Å². The molecule has 0 heterocycles.